The number of urea groups is 2. The highest BCUT2D eigenvalue weighted by Gasteiger charge is 2.43. The van der Waals surface area contributed by atoms with Crippen molar-refractivity contribution in [3.05, 3.63) is 36.9 Å². The van der Waals surface area contributed by atoms with Crippen LogP contribution in [-0.4, -0.2) is 252 Å². The van der Waals surface area contributed by atoms with E-state index in [9.17, 15) is 37.1 Å². The first kappa shape index (κ1) is 92.0. The second-order valence-electron chi connectivity index (χ2n) is 18.3. The summed E-state index contributed by atoms with van der Waals surface area (Å²) in [6.07, 6.45) is 1.03. The van der Waals surface area contributed by atoms with Crippen LogP contribution in [0.3, 0.4) is 0 Å². The molecule has 0 bridgehead atoms. The summed E-state index contributed by atoms with van der Waals surface area (Å²) >= 11 is 0. The van der Waals surface area contributed by atoms with Gasteiger partial charge in [0.2, 0.25) is 11.8 Å². The summed E-state index contributed by atoms with van der Waals surface area (Å²) in [4.78, 5) is 63.0. The van der Waals surface area contributed by atoms with Crippen LogP contribution < -0.4 is 38.1 Å². The minimum absolute atomic E-state index is 0.187. The Morgan fingerprint density at radius 3 is 1.21 bits per heavy atom. The fourth-order valence-corrected chi connectivity index (χ4v) is 7.11. The molecular formula is C56H110F3N11O19. The Hall–Kier alpha value is -5.69. The number of nitrogens with one attached hydrogen (secondary N) is 5. The van der Waals surface area contributed by atoms with Crippen LogP contribution in [0.25, 0.3) is 0 Å². The maximum atomic E-state index is 13.3. The van der Waals surface area contributed by atoms with Gasteiger partial charge in [0.15, 0.2) is 0 Å². The average molecular weight is 1300 g/mol. The quantitative estimate of drug-likeness (QED) is 0.0442. The van der Waals surface area contributed by atoms with Crippen molar-refractivity contribution in [1.82, 2.24) is 46.1 Å². The Morgan fingerprint density at radius 2 is 0.921 bits per heavy atom. The molecule has 2 aromatic heterocycles. The number of hydrogen-bond acceptors (Lipinski definition) is 21. The predicted molar refractivity (Wildman–Crippen MR) is 325 cm³/mol. The van der Waals surface area contributed by atoms with E-state index in [1.54, 1.807) is 28.7 Å². The van der Waals surface area contributed by atoms with Gasteiger partial charge >= 0.3 is 24.1 Å². The molecular weight excluding hydrogens is 1190 g/mol. The zero-order chi connectivity index (χ0) is 68.7. The van der Waals surface area contributed by atoms with E-state index in [-0.39, 0.29) is 83.9 Å². The van der Waals surface area contributed by atoms with Gasteiger partial charge in [-0.2, -0.15) is 23.4 Å². The van der Waals surface area contributed by atoms with E-state index < -0.39 is 66.3 Å². The van der Waals surface area contributed by atoms with Crippen molar-refractivity contribution < 1.29 is 106 Å². The lowest BCUT2D eigenvalue weighted by Gasteiger charge is -2.36. The summed E-state index contributed by atoms with van der Waals surface area (Å²) in [6, 6.07) is 2.80. The van der Waals surface area contributed by atoms with Crippen LogP contribution in [0.2, 0.25) is 0 Å². The highest BCUT2D eigenvalue weighted by molar-refractivity contribution is 5.82. The number of halogens is 3. The SMILES string of the molecule is C=O.CC.CC.CC(N)=O.CC(N)=O.CCCCC(CCCNC(=O)NCCOCCOCCn1cccn1)(CCCNC(=O)NCCOCCOCCn1cccn1)NC(=O)C(F)(F)F.CCO.OCC1OCCC(O)C1O.OCC1OCCC(O)C1O. The highest BCUT2D eigenvalue weighted by atomic mass is 19.4. The van der Waals surface area contributed by atoms with Gasteiger partial charge in [-0.1, -0.05) is 47.5 Å². The number of ether oxygens (including phenoxy) is 6. The predicted octanol–water partition coefficient (Wildman–Crippen LogP) is 0.441. The number of carbonyl (C=O) groups is 6. The van der Waals surface area contributed by atoms with Gasteiger partial charge in [0.05, 0.1) is 91.4 Å². The van der Waals surface area contributed by atoms with E-state index in [0.717, 1.165) is 0 Å². The molecule has 2 aliphatic heterocycles. The molecule has 2 aliphatic rings. The van der Waals surface area contributed by atoms with Crippen LogP contribution in [-0.2, 0) is 60.7 Å². The standard InChI is InChI=1S/C33H56F3N9O7.2C6H12O4.2C2H5NO.C2H6O.2C2H6.CH2O/c1-2-3-8-32(43-29(46)33(34,35)36,9-4-11-37-30(47)39-15-21-49-25-27-51-23-19-44-17-6-13-41-44)10-5-12-38-31(48)40-16-22-50-26-28-52-24-20-45-18-7-14-42-45;2*7-3-5-6(9)4(8)1-2-10-5;2*1-2(3)4;1-2-3;3*1-2/h6-7,13-14,17-18H,2-5,8-12,15-16,19-28H2,1H3,(H,43,46)(H2,37,39,47)(H2,38,40,48);2*4-9H,1-3H2;2*1H3,(H2,3,4);3H,2H2,1H3;2*1-2H3;1H2. The maximum absolute atomic E-state index is 13.3. The lowest BCUT2D eigenvalue weighted by atomic mass is 9.83. The van der Waals surface area contributed by atoms with Crippen LogP contribution in [0.4, 0.5) is 22.8 Å². The number of aromatic nitrogens is 4. The molecule has 33 heteroatoms. The Morgan fingerprint density at radius 1 is 0.596 bits per heavy atom. The number of amides is 7. The fraction of sp³-hybridized carbons (Fsp3) is 0.786. The van der Waals surface area contributed by atoms with Gasteiger partial charge in [-0.05, 0) is 64.0 Å². The van der Waals surface area contributed by atoms with Gasteiger partial charge in [0.25, 0.3) is 0 Å². The smallest absolute Gasteiger partial charge is 0.397 e. The zero-order valence-electron chi connectivity index (χ0n) is 53.5. The molecule has 0 aromatic carbocycles. The molecule has 2 fully saturated rings. The lowest BCUT2D eigenvalue weighted by molar-refractivity contribution is -0.176. The molecule has 7 amide bonds. The van der Waals surface area contributed by atoms with E-state index >= 15 is 0 Å². The number of carbonyl (C=O) groups excluding carboxylic acids is 6. The van der Waals surface area contributed by atoms with Gasteiger partial charge in [-0.15, -0.1) is 0 Å². The van der Waals surface area contributed by atoms with Crippen LogP contribution in [0.1, 0.15) is 113 Å². The molecule has 0 aliphatic carbocycles. The first-order chi connectivity index (χ1) is 42.5. The minimum atomic E-state index is -5.04. The lowest BCUT2D eigenvalue weighted by Crippen LogP contribution is -2.53. The first-order valence-corrected chi connectivity index (χ1v) is 29.8. The monoisotopic (exact) mass is 1300 g/mol. The normalized spacial score (nSPS) is 17.1. The summed E-state index contributed by atoms with van der Waals surface area (Å²) in [5.74, 6) is -2.67. The topological polar surface area (TPSA) is 447 Å². The molecule has 6 unspecified atom stereocenters. The van der Waals surface area contributed by atoms with Gasteiger partial charge in [-0.25, -0.2) is 9.59 Å². The largest absolute Gasteiger partial charge is 0.471 e. The Labute approximate surface area is 522 Å². The van der Waals surface area contributed by atoms with Crippen molar-refractivity contribution in [1.29, 1.82) is 0 Å². The summed E-state index contributed by atoms with van der Waals surface area (Å²) in [7, 11) is 0. The molecule has 2 saturated heterocycles. The van der Waals surface area contributed by atoms with Crippen LogP contribution in [0.5, 0.6) is 0 Å². The molecule has 0 saturated carbocycles. The summed E-state index contributed by atoms with van der Waals surface area (Å²) in [5, 5.41) is 82.2. The van der Waals surface area contributed by atoms with Gasteiger partial charge in [0, 0.05) is 90.2 Å². The molecule has 16 N–H and O–H groups in total. The molecule has 89 heavy (non-hydrogen) atoms. The zero-order valence-corrected chi connectivity index (χ0v) is 53.5. The second kappa shape index (κ2) is 63.9. The summed E-state index contributed by atoms with van der Waals surface area (Å²) < 4.78 is 75.2. The number of hydrogen-bond donors (Lipinski definition) is 14. The summed E-state index contributed by atoms with van der Waals surface area (Å²) in [6.45, 7) is 22.1. The first-order valence-electron chi connectivity index (χ1n) is 29.8. The molecule has 0 spiro atoms. The van der Waals surface area contributed by atoms with Crippen molar-refractivity contribution in [2.75, 3.05) is 112 Å². The molecule has 524 valence electrons. The average Bonchev–Trinajstić information content (AvgIpc) is 4.23. The third-order valence-electron chi connectivity index (χ3n) is 11.1. The van der Waals surface area contributed by atoms with Crippen molar-refractivity contribution in [2.45, 2.75) is 175 Å². The van der Waals surface area contributed by atoms with Gasteiger partial charge < -0.3 is 107 Å². The van der Waals surface area contributed by atoms with E-state index in [4.69, 9.17) is 69.0 Å². The number of unbranched alkanes of at least 4 members (excludes halogenated alkanes) is 1. The van der Waals surface area contributed by atoms with Crippen LogP contribution in [0.15, 0.2) is 36.9 Å². The Bertz CT molecular complexity index is 1790. The van der Waals surface area contributed by atoms with E-state index in [2.05, 4.69) is 48.2 Å². The molecule has 4 rings (SSSR count). The molecule has 0 radical (unpaired) electrons. The summed E-state index contributed by atoms with van der Waals surface area (Å²) in [5.41, 5.74) is 7.78. The number of alkyl halides is 3. The third kappa shape index (κ3) is 57.2. The van der Waals surface area contributed by atoms with Crippen molar-refractivity contribution in [2.24, 2.45) is 11.5 Å². The number of aliphatic hydroxyl groups is 7. The van der Waals surface area contributed by atoms with Crippen molar-refractivity contribution >= 4 is 36.6 Å². The Balaban J connectivity index is -0.000000508. The minimum Gasteiger partial charge on any atom is -0.397 e. The van der Waals surface area contributed by atoms with E-state index in [0.29, 0.717) is 111 Å². The van der Waals surface area contributed by atoms with E-state index in [1.165, 1.54) is 13.8 Å². The van der Waals surface area contributed by atoms with E-state index in [1.807, 2.05) is 65.9 Å². The molecule has 4 heterocycles. The van der Waals surface area contributed by atoms with Crippen LogP contribution >= 0.6 is 0 Å². The maximum Gasteiger partial charge on any atom is 0.471 e. The van der Waals surface area contributed by atoms with Crippen molar-refractivity contribution in [3.8, 4) is 0 Å². The highest BCUT2D eigenvalue weighted by Crippen LogP contribution is 2.28. The number of nitrogens with two attached hydrogens (primary N) is 2. The second-order valence-corrected chi connectivity index (χ2v) is 18.3. The van der Waals surface area contributed by atoms with Gasteiger partial charge in [0.1, 0.15) is 31.2 Å². The number of primary amides is 2. The Kier molecular flexibility index (Phi) is 66.0. The van der Waals surface area contributed by atoms with Crippen molar-refractivity contribution in [3.63, 3.8) is 0 Å². The number of nitrogens with zero attached hydrogens (tertiary/aromatic N) is 4. The molecule has 2 aromatic rings. The third-order valence-corrected chi connectivity index (χ3v) is 11.1. The number of rotatable bonds is 32. The fourth-order valence-electron chi connectivity index (χ4n) is 7.11. The molecule has 6 atom stereocenters. The van der Waals surface area contributed by atoms with Gasteiger partial charge in [-0.3, -0.25) is 23.7 Å². The molecule has 30 nitrogen and oxygen atoms in total. The van der Waals surface area contributed by atoms with Crippen LogP contribution in [0, 0.1) is 0 Å². The number of aliphatic hydroxyl groups excluding tert-OH is 7.